The van der Waals surface area contributed by atoms with Crippen molar-refractivity contribution in [3.63, 3.8) is 0 Å². The topological polar surface area (TPSA) is 49.8 Å². The van der Waals surface area contributed by atoms with E-state index in [0.29, 0.717) is 0 Å². The van der Waals surface area contributed by atoms with Crippen LogP contribution in [0.2, 0.25) is 0 Å². The van der Waals surface area contributed by atoms with E-state index < -0.39 is 0 Å². The van der Waals surface area contributed by atoms with Gasteiger partial charge in [0.2, 0.25) is 0 Å². The van der Waals surface area contributed by atoms with Crippen molar-refractivity contribution in [2.45, 2.75) is 46.1 Å². The van der Waals surface area contributed by atoms with Crippen LogP contribution in [0.4, 0.5) is 0 Å². The van der Waals surface area contributed by atoms with Crippen molar-refractivity contribution in [2.24, 2.45) is 17.6 Å². The van der Waals surface area contributed by atoms with Crippen LogP contribution in [0.25, 0.3) is 0 Å². The van der Waals surface area contributed by atoms with Gasteiger partial charge in [0.15, 0.2) is 0 Å². The Morgan fingerprint density at radius 2 is 1.61 bits per heavy atom. The van der Waals surface area contributed by atoms with E-state index in [1.54, 1.807) is 0 Å². The van der Waals surface area contributed by atoms with Crippen LogP contribution in [0.1, 0.15) is 51.8 Å². The van der Waals surface area contributed by atoms with E-state index in [1.165, 1.54) is 5.56 Å². The van der Waals surface area contributed by atoms with Gasteiger partial charge in [0.05, 0.1) is 12.0 Å². The van der Waals surface area contributed by atoms with E-state index >= 15 is 0 Å². The molecule has 0 fully saturated rings. The van der Waals surface area contributed by atoms with E-state index in [0.717, 1.165) is 5.56 Å². The summed E-state index contributed by atoms with van der Waals surface area (Å²) >= 11 is 0. The van der Waals surface area contributed by atoms with Crippen molar-refractivity contribution in [1.82, 2.24) is 0 Å². The van der Waals surface area contributed by atoms with Crippen LogP contribution in [-0.2, 0) is 5.41 Å². The zero-order valence-electron chi connectivity index (χ0n) is 12.1. The summed E-state index contributed by atoms with van der Waals surface area (Å²) < 4.78 is 0. The van der Waals surface area contributed by atoms with Crippen molar-refractivity contribution < 1.29 is 0 Å². The molecule has 0 bridgehead atoms. The highest BCUT2D eigenvalue weighted by atomic mass is 14.7. The Hall–Kier alpha value is -1.33. The highest BCUT2D eigenvalue weighted by molar-refractivity contribution is 5.30. The summed E-state index contributed by atoms with van der Waals surface area (Å²) in [7, 11) is 0. The summed E-state index contributed by atoms with van der Waals surface area (Å²) in [4.78, 5) is 0. The van der Waals surface area contributed by atoms with Gasteiger partial charge in [0.1, 0.15) is 0 Å². The summed E-state index contributed by atoms with van der Waals surface area (Å²) in [6.45, 7) is 10.6. The van der Waals surface area contributed by atoms with Crippen LogP contribution < -0.4 is 5.73 Å². The van der Waals surface area contributed by atoms with E-state index in [-0.39, 0.29) is 23.3 Å². The fraction of sp³-hybridized carbons (Fsp3) is 0.562. The molecule has 0 radical (unpaired) electrons. The first kappa shape index (κ1) is 14.7. The smallest absolute Gasteiger partial charge is 0.0679 e. The van der Waals surface area contributed by atoms with Gasteiger partial charge in [-0.3, -0.25) is 0 Å². The van der Waals surface area contributed by atoms with Gasteiger partial charge >= 0.3 is 0 Å². The fourth-order valence-electron chi connectivity index (χ4n) is 2.06. The second-order valence-electron chi connectivity index (χ2n) is 6.30. The van der Waals surface area contributed by atoms with Crippen LogP contribution in [-0.4, -0.2) is 0 Å². The summed E-state index contributed by atoms with van der Waals surface area (Å²) in [5, 5.41) is 9.18. The summed E-state index contributed by atoms with van der Waals surface area (Å²) in [6, 6.07) is 10.5. The average Bonchev–Trinajstić information content (AvgIpc) is 2.28. The molecule has 0 spiro atoms. The lowest BCUT2D eigenvalue weighted by Gasteiger charge is -2.23. The highest BCUT2D eigenvalue weighted by Crippen LogP contribution is 2.28. The molecule has 0 aliphatic rings. The molecule has 0 saturated heterocycles. The molecule has 0 aliphatic carbocycles. The zero-order valence-corrected chi connectivity index (χ0v) is 12.1. The van der Waals surface area contributed by atoms with Crippen molar-refractivity contribution in [3.8, 4) is 6.07 Å². The van der Waals surface area contributed by atoms with E-state index in [4.69, 9.17) is 5.73 Å². The maximum Gasteiger partial charge on any atom is 0.0679 e. The van der Waals surface area contributed by atoms with Crippen molar-refractivity contribution in [3.05, 3.63) is 35.4 Å². The van der Waals surface area contributed by atoms with Crippen LogP contribution in [0.5, 0.6) is 0 Å². The van der Waals surface area contributed by atoms with Gasteiger partial charge < -0.3 is 5.73 Å². The molecule has 0 saturated carbocycles. The molecule has 1 aromatic rings. The van der Waals surface area contributed by atoms with Gasteiger partial charge in [0.25, 0.3) is 0 Å². The van der Waals surface area contributed by atoms with Crippen molar-refractivity contribution >= 4 is 0 Å². The highest BCUT2D eigenvalue weighted by Gasteiger charge is 2.23. The number of hydrogen-bond donors (Lipinski definition) is 1. The van der Waals surface area contributed by atoms with Gasteiger partial charge in [-0.15, -0.1) is 0 Å². The minimum absolute atomic E-state index is 0.134. The zero-order chi connectivity index (χ0) is 13.9. The second kappa shape index (κ2) is 5.54. The molecule has 2 N–H and O–H groups in total. The molecule has 2 unspecified atom stereocenters. The lowest BCUT2D eigenvalue weighted by Crippen LogP contribution is -2.24. The fourth-order valence-corrected chi connectivity index (χ4v) is 2.06. The van der Waals surface area contributed by atoms with Crippen LogP contribution >= 0.6 is 0 Å². The molecular weight excluding hydrogens is 220 g/mol. The predicted molar refractivity (Wildman–Crippen MR) is 76.0 cm³/mol. The Bertz CT molecular complexity index is 418. The number of nitrogens with two attached hydrogens (primary N) is 1. The van der Waals surface area contributed by atoms with Gasteiger partial charge in [-0.1, -0.05) is 58.9 Å². The molecule has 98 valence electrons. The lowest BCUT2D eigenvalue weighted by molar-refractivity contribution is 0.403. The molecule has 0 aromatic heterocycles. The van der Waals surface area contributed by atoms with Gasteiger partial charge in [0, 0.05) is 6.04 Å². The third-order valence-electron chi connectivity index (χ3n) is 3.42. The Morgan fingerprint density at radius 3 is 1.94 bits per heavy atom. The summed E-state index contributed by atoms with van der Waals surface area (Å²) in [6.07, 6.45) is 0. The number of nitriles is 1. The number of nitrogens with zero attached hydrogens (tertiary/aromatic N) is 1. The molecule has 1 aromatic carbocycles. The summed E-state index contributed by atoms with van der Waals surface area (Å²) in [5.74, 6) is 0.137. The van der Waals surface area contributed by atoms with Crippen LogP contribution in [0, 0.1) is 23.2 Å². The number of hydrogen-bond acceptors (Lipinski definition) is 2. The number of benzene rings is 1. The van der Waals surface area contributed by atoms with E-state index in [9.17, 15) is 5.26 Å². The van der Waals surface area contributed by atoms with Gasteiger partial charge in [-0.2, -0.15) is 5.26 Å². The minimum atomic E-state index is -0.205. The molecule has 0 amide bonds. The van der Waals surface area contributed by atoms with Gasteiger partial charge in [-0.25, -0.2) is 0 Å². The van der Waals surface area contributed by atoms with Crippen LogP contribution in [0.15, 0.2) is 24.3 Å². The predicted octanol–water partition coefficient (Wildman–Crippen LogP) is 3.78. The molecule has 2 atom stereocenters. The largest absolute Gasteiger partial charge is 0.323 e. The van der Waals surface area contributed by atoms with Crippen molar-refractivity contribution in [2.75, 3.05) is 0 Å². The quantitative estimate of drug-likeness (QED) is 0.879. The maximum atomic E-state index is 9.18. The van der Waals surface area contributed by atoms with Crippen molar-refractivity contribution in [1.29, 1.82) is 5.26 Å². The number of rotatable bonds is 3. The molecule has 18 heavy (non-hydrogen) atoms. The third kappa shape index (κ3) is 3.34. The molecule has 2 heteroatoms. The van der Waals surface area contributed by atoms with E-state index in [2.05, 4.69) is 51.1 Å². The Morgan fingerprint density at radius 1 is 1.11 bits per heavy atom. The Balaban J connectivity index is 2.96. The minimum Gasteiger partial charge on any atom is -0.323 e. The molecule has 1 rings (SSSR count). The van der Waals surface area contributed by atoms with Gasteiger partial charge in [-0.05, 0) is 22.5 Å². The Kier molecular flexibility index (Phi) is 4.53. The van der Waals surface area contributed by atoms with E-state index in [1.807, 2.05) is 13.8 Å². The third-order valence-corrected chi connectivity index (χ3v) is 3.42. The maximum absolute atomic E-state index is 9.18. The molecular formula is C16H24N2. The SMILES string of the molecule is CC(C)C(C#N)C(N)c1ccc(C(C)(C)C)cc1. The molecule has 0 heterocycles. The first-order chi connectivity index (χ1) is 8.27. The first-order valence-electron chi connectivity index (χ1n) is 6.53. The average molecular weight is 244 g/mol. The monoisotopic (exact) mass is 244 g/mol. The Labute approximate surface area is 111 Å². The second-order valence-corrected chi connectivity index (χ2v) is 6.30. The lowest BCUT2D eigenvalue weighted by atomic mass is 9.83. The van der Waals surface area contributed by atoms with Crippen LogP contribution in [0.3, 0.4) is 0 Å². The molecule has 0 aliphatic heterocycles. The molecule has 2 nitrogen and oxygen atoms in total. The normalized spacial score (nSPS) is 15.2. The first-order valence-corrected chi connectivity index (χ1v) is 6.53. The standard InChI is InChI=1S/C16H24N2/c1-11(2)14(10-17)15(18)12-6-8-13(9-7-12)16(3,4)5/h6-9,11,14-15H,18H2,1-5H3. The summed E-state index contributed by atoms with van der Waals surface area (Å²) in [5.41, 5.74) is 8.67.